The molecule has 2 saturated carbocycles. The molecule has 256 valence electrons. The first-order chi connectivity index (χ1) is 21.2. The third-order valence-corrected chi connectivity index (χ3v) is 12.1. The van der Waals surface area contributed by atoms with E-state index in [4.69, 9.17) is 24.7 Å². The van der Waals surface area contributed by atoms with Crippen molar-refractivity contribution in [2.75, 3.05) is 27.4 Å². The van der Waals surface area contributed by atoms with Crippen LogP contribution in [0.1, 0.15) is 96.8 Å². The summed E-state index contributed by atoms with van der Waals surface area (Å²) in [5, 5.41) is 37.1. The van der Waals surface area contributed by atoms with Crippen LogP contribution < -0.4 is 16.4 Å². The summed E-state index contributed by atoms with van der Waals surface area (Å²) in [7, 11) is 3.37. The molecule has 5 aliphatic rings. The van der Waals surface area contributed by atoms with Crippen LogP contribution in [0.25, 0.3) is 0 Å². The van der Waals surface area contributed by atoms with Crippen LogP contribution in [-0.4, -0.2) is 110 Å². The SMILES string of the molecule is COC1CC(CCC2CC(O)CC(C3CC(OC)C(O)C(OCC4[NH2+]C(C)CCC4CC4CC[NH2+]C(N)C4)C3)O2)CCC1O. The van der Waals surface area contributed by atoms with Crippen LogP contribution in [0.15, 0.2) is 0 Å². The highest BCUT2D eigenvalue weighted by atomic mass is 16.5. The van der Waals surface area contributed by atoms with Crippen molar-refractivity contribution < 1.29 is 44.9 Å². The Kier molecular flexibility index (Phi) is 13.2. The van der Waals surface area contributed by atoms with Gasteiger partial charge in [0.25, 0.3) is 0 Å². The van der Waals surface area contributed by atoms with Crippen LogP contribution in [0.3, 0.4) is 0 Å². The molecule has 5 rings (SSSR count). The van der Waals surface area contributed by atoms with Crippen LogP contribution in [0.2, 0.25) is 0 Å². The Morgan fingerprint density at radius 3 is 2.39 bits per heavy atom. The molecule has 5 fully saturated rings. The molecule has 0 spiro atoms. The van der Waals surface area contributed by atoms with Gasteiger partial charge in [0.1, 0.15) is 18.3 Å². The fraction of sp³-hybridized carbons (Fsp3) is 1.00. The van der Waals surface area contributed by atoms with Crippen LogP contribution in [0.4, 0.5) is 0 Å². The van der Waals surface area contributed by atoms with Crippen molar-refractivity contribution in [3.05, 3.63) is 0 Å². The summed E-state index contributed by atoms with van der Waals surface area (Å²) in [5.41, 5.74) is 6.28. The van der Waals surface area contributed by atoms with Crippen LogP contribution in [-0.2, 0) is 18.9 Å². The topological polar surface area (TPSA) is 157 Å². The summed E-state index contributed by atoms with van der Waals surface area (Å²) in [6, 6.07) is 0.982. The quantitative estimate of drug-likeness (QED) is 0.192. The summed E-state index contributed by atoms with van der Waals surface area (Å²) >= 11 is 0. The van der Waals surface area contributed by atoms with Crippen LogP contribution in [0, 0.1) is 23.7 Å². The maximum Gasteiger partial charge on any atom is 0.137 e. The highest BCUT2D eigenvalue weighted by Gasteiger charge is 2.45. The Balaban J connectivity index is 1.16. The first kappa shape index (κ1) is 34.9. The van der Waals surface area contributed by atoms with E-state index in [0.29, 0.717) is 55.7 Å². The maximum atomic E-state index is 11.3. The van der Waals surface area contributed by atoms with Crippen molar-refractivity contribution in [1.82, 2.24) is 0 Å². The maximum absolute atomic E-state index is 11.3. The zero-order valence-corrected chi connectivity index (χ0v) is 27.7. The van der Waals surface area contributed by atoms with E-state index in [1.165, 1.54) is 25.7 Å². The number of piperidine rings is 2. The number of ether oxygens (including phenoxy) is 4. The standard InChI is InChI=1S/C34H63N3O7/c1-20-4-7-23(12-22-10-11-36-33(35)14-22)27(37-20)19-43-32-16-24(15-31(42-3)34(32)40)29-18-25(38)17-26(44-29)8-5-21-6-9-28(39)30(13-21)41-2/h20-34,36-40H,4-19,35H2,1-3H3/p+2. The van der Waals surface area contributed by atoms with E-state index >= 15 is 0 Å². The van der Waals surface area contributed by atoms with Crippen molar-refractivity contribution >= 4 is 0 Å². The van der Waals surface area contributed by atoms with Gasteiger partial charge in [0.05, 0.1) is 61.9 Å². The minimum Gasteiger partial charge on any atom is -0.393 e. The molecule has 0 bridgehead atoms. The molecule has 15 atom stereocenters. The molecule has 9 N–H and O–H groups in total. The summed E-state index contributed by atoms with van der Waals surface area (Å²) in [6.45, 7) is 4.09. The Hall–Kier alpha value is -0.400. The van der Waals surface area contributed by atoms with Gasteiger partial charge in [-0.3, -0.25) is 5.73 Å². The lowest BCUT2D eigenvalue weighted by Crippen LogP contribution is -2.98. The van der Waals surface area contributed by atoms with Crippen molar-refractivity contribution in [3.63, 3.8) is 0 Å². The highest BCUT2D eigenvalue weighted by molar-refractivity contribution is 4.94. The number of nitrogens with two attached hydrogens (primary N) is 3. The Bertz CT molecular complexity index is 856. The molecule has 0 aromatic heterocycles. The molecular weight excluding hydrogens is 562 g/mol. The highest BCUT2D eigenvalue weighted by Crippen LogP contribution is 2.39. The lowest BCUT2D eigenvalue weighted by Gasteiger charge is -2.45. The van der Waals surface area contributed by atoms with Gasteiger partial charge in [-0.15, -0.1) is 0 Å². The molecular formula is C34H65N3O7+2. The van der Waals surface area contributed by atoms with Gasteiger partial charge in [0, 0.05) is 26.6 Å². The molecule has 10 heteroatoms. The van der Waals surface area contributed by atoms with Crippen molar-refractivity contribution in [1.29, 1.82) is 0 Å². The van der Waals surface area contributed by atoms with Crippen LogP contribution in [0.5, 0.6) is 0 Å². The number of methoxy groups -OCH3 is 2. The second-order valence-corrected chi connectivity index (χ2v) is 15.4. The monoisotopic (exact) mass is 627 g/mol. The zero-order chi connectivity index (χ0) is 31.2. The van der Waals surface area contributed by atoms with E-state index < -0.39 is 6.10 Å². The average Bonchev–Trinajstić information content (AvgIpc) is 3.01. The van der Waals surface area contributed by atoms with E-state index in [2.05, 4.69) is 17.6 Å². The van der Waals surface area contributed by atoms with Gasteiger partial charge in [0.15, 0.2) is 0 Å². The molecule has 0 aromatic carbocycles. The second kappa shape index (κ2) is 16.6. The number of quaternary nitrogens is 2. The number of hydrogen-bond donors (Lipinski definition) is 6. The normalized spacial score (nSPS) is 47.4. The number of hydrogen-bond acceptors (Lipinski definition) is 8. The summed E-state index contributed by atoms with van der Waals surface area (Å²) < 4.78 is 24.7. The van der Waals surface area contributed by atoms with E-state index in [1.54, 1.807) is 14.2 Å². The molecule has 44 heavy (non-hydrogen) atoms. The molecule has 3 heterocycles. The summed E-state index contributed by atoms with van der Waals surface area (Å²) in [4.78, 5) is 0. The third kappa shape index (κ3) is 9.36. The lowest BCUT2D eigenvalue weighted by molar-refractivity contribution is -0.736. The summed E-state index contributed by atoms with van der Waals surface area (Å²) in [6.07, 6.45) is 11.5. The fourth-order valence-corrected chi connectivity index (χ4v) is 9.44. The Morgan fingerprint density at radius 2 is 1.61 bits per heavy atom. The van der Waals surface area contributed by atoms with E-state index in [0.717, 1.165) is 51.5 Å². The van der Waals surface area contributed by atoms with Gasteiger partial charge < -0.3 is 44.9 Å². The Morgan fingerprint density at radius 1 is 0.818 bits per heavy atom. The van der Waals surface area contributed by atoms with E-state index in [1.807, 2.05) is 0 Å². The van der Waals surface area contributed by atoms with Crippen molar-refractivity contribution in [2.24, 2.45) is 29.4 Å². The minimum absolute atomic E-state index is 0.0217. The van der Waals surface area contributed by atoms with E-state index in [-0.39, 0.29) is 54.8 Å². The van der Waals surface area contributed by atoms with Gasteiger partial charge in [-0.1, -0.05) is 0 Å². The molecule has 0 amide bonds. The minimum atomic E-state index is -0.665. The molecule has 2 aliphatic carbocycles. The molecule has 3 saturated heterocycles. The van der Waals surface area contributed by atoms with Gasteiger partial charge in [-0.2, -0.15) is 0 Å². The molecule has 0 aromatic rings. The predicted octanol–water partition coefficient (Wildman–Crippen LogP) is 0.401. The van der Waals surface area contributed by atoms with Crippen LogP contribution >= 0.6 is 0 Å². The summed E-state index contributed by atoms with van der Waals surface area (Å²) in [5.74, 6) is 1.99. The van der Waals surface area contributed by atoms with Gasteiger partial charge in [-0.05, 0) is 108 Å². The van der Waals surface area contributed by atoms with Gasteiger partial charge >= 0.3 is 0 Å². The molecule has 10 nitrogen and oxygen atoms in total. The number of rotatable bonds is 11. The average molecular weight is 628 g/mol. The molecule has 3 aliphatic heterocycles. The number of aliphatic hydroxyl groups excluding tert-OH is 3. The zero-order valence-electron chi connectivity index (χ0n) is 27.7. The molecule has 15 unspecified atom stereocenters. The van der Waals surface area contributed by atoms with Crippen molar-refractivity contribution in [3.8, 4) is 0 Å². The van der Waals surface area contributed by atoms with Crippen molar-refractivity contribution in [2.45, 2.75) is 164 Å². The second-order valence-electron chi connectivity index (χ2n) is 15.4. The first-order valence-electron chi connectivity index (χ1n) is 18.0. The smallest absolute Gasteiger partial charge is 0.137 e. The fourth-order valence-electron chi connectivity index (χ4n) is 9.44. The van der Waals surface area contributed by atoms with Gasteiger partial charge in [0.2, 0.25) is 0 Å². The third-order valence-electron chi connectivity index (χ3n) is 12.1. The van der Waals surface area contributed by atoms with Gasteiger partial charge in [-0.25, -0.2) is 0 Å². The largest absolute Gasteiger partial charge is 0.393 e. The molecule has 0 radical (unpaired) electrons. The first-order valence-corrected chi connectivity index (χ1v) is 18.0. The Labute approximate surface area is 265 Å². The predicted molar refractivity (Wildman–Crippen MR) is 167 cm³/mol. The number of aliphatic hydroxyl groups is 3. The van der Waals surface area contributed by atoms with E-state index in [9.17, 15) is 15.3 Å². The lowest BCUT2D eigenvalue weighted by atomic mass is 9.76.